The van der Waals surface area contributed by atoms with Gasteiger partial charge in [-0.15, -0.1) is 0 Å². The summed E-state index contributed by atoms with van der Waals surface area (Å²) >= 11 is 0. The third kappa shape index (κ3) is 4.62. The van der Waals surface area contributed by atoms with Crippen molar-refractivity contribution >= 4 is 12.2 Å². The molecule has 2 aromatic carbocycles. The van der Waals surface area contributed by atoms with E-state index in [0.717, 1.165) is 12.8 Å². The van der Waals surface area contributed by atoms with Gasteiger partial charge in [0.05, 0.1) is 0 Å². The van der Waals surface area contributed by atoms with Crippen LogP contribution in [-0.4, -0.2) is 0 Å². The topological polar surface area (TPSA) is 0 Å². The van der Waals surface area contributed by atoms with Gasteiger partial charge in [-0.1, -0.05) is 71.8 Å². The van der Waals surface area contributed by atoms with Crippen LogP contribution in [0.3, 0.4) is 0 Å². The molecule has 0 N–H and O–H groups in total. The van der Waals surface area contributed by atoms with Crippen molar-refractivity contribution in [2.75, 3.05) is 0 Å². The van der Waals surface area contributed by atoms with Crippen LogP contribution in [0.4, 0.5) is 0 Å². The minimum atomic E-state index is 0. The van der Waals surface area contributed by atoms with E-state index in [2.05, 4.69) is 112 Å². The van der Waals surface area contributed by atoms with Gasteiger partial charge < -0.3 is 0 Å². The van der Waals surface area contributed by atoms with Gasteiger partial charge >= 0.3 is 17.1 Å². The Hall–Kier alpha value is -1.56. The van der Waals surface area contributed by atoms with Gasteiger partial charge in [-0.2, -0.15) is 0 Å². The molecule has 0 spiro atoms. The van der Waals surface area contributed by atoms with Crippen LogP contribution in [0.5, 0.6) is 0 Å². The summed E-state index contributed by atoms with van der Waals surface area (Å²) in [6, 6.07) is 17.2. The van der Waals surface area contributed by atoms with Gasteiger partial charge in [0.15, 0.2) is 0 Å². The molecule has 29 heavy (non-hydrogen) atoms. The minimum absolute atomic E-state index is 0. The second kappa shape index (κ2) is 9.50. The fraction of sp³-hybridized carbons (Fsp3) is 0.0714. The maximum Gasteiger partial charge on any atom is 2.00 e. The summed E-state index contributed by atoms with van der Waals surface area (Å²) < 4.78 is 0. The van der Waals surface area contributed by atoms with Gasteiger partial charge in [0.2, 0.25) is 0 Å². The fourth-order valence-corrected chi connectivity index (χ4v) is 4.11. The monoisotopic (exact) mass is 414 g/mol. The molecule has 4 aliphatic rings. The summed E-state index contributed by atoms with van der Waals surface area (Å²) in [5, 5.41) is 0. The first-order valence-electron chi connectivity index (χ1n) is 9.88. The molecule has 0 saturated heterocycles. The van der Waals surface area contributed by atoms with Crippen molar-refractivity contribution in [1.82, 2.24) is 0 Å². The van der Waals surface area contributed by atoms with E-state index < -0.39 is 0 Å². The Bertz CT molecular complexity index is 817. The first-order chi connectivity index (χ1) is 13.9. The van der Waals surface area contributed by atoms with Gasteiger partial charge in [-0.25, -0.2) is 0 Å². The van der Waals surface area contributed by atoms with Gasteiger partial charge in [-0.3, -0.25) is 0 Å². The molecule has 0 amide bonds. The van der Waals surface area contributed by atoms with Crippen LogP contribution in [0.15, 0.2) is 59.7 Å². The minimum Gasteiger partial charge on any atom is -0.0619 e. The zero-order chi connectivity index (χ0) is 18.8. The average Bonchev–Trinajstić information content (AvgIpc) is 3.54. The van der Waals surface area contributed by atoms with E-state index in [0.29, 0.717) is 0 Å². The summed E-state index contributed by atoms with van der Waals surface area (Å²) in [5.41, 5.74) is 8.53. The summed E-state index contributed by atoms with van der Waals surface area (Å²) in [6.45, 7) is 0. The Kier molecular flexibility index (Phi) is 6.78. The van der Waals surface area contributed by atoms with Crippen LogP contribution < -0.4 is 0 Å². The molecule has 0 atom stereocenters. The Balaban J connectivity index is 0.000000137. The summed E-state index contributed by atoms with van der Waals surface area (Å²) in [5.74, 6) is 2.72. The molecule has 10 radical (unpaired) electrons. The van der Waals surface area contributed by atoms with Crippen molar-refractivity contribution in [3.05, 3.63) is 145 Å². The van der Waals surface area contributed by atoms with Crippen LogP contribution in [0.2, 0.25) is 0 Å². The molecular formula is C28H22Fe+2. The first-order valence-corrected chi connectivity index (χ1v) is 9.88. The third-order valence-electron chi connectivity index (χ3n) is 5.60. The average molecular weight is 414 g/mol. The second-order valence-corrected chi connectivity index (χ2v) is 7.44. The Morgan fingerprint density at radius 1 is 0.483 bits per heavy atom. The molecule has 0 bridgehead atoms. The van der Waals surface area contributed by atoms with E-state index in [1.165, 1.54) is 45.2 Å². The molecule has 4 aliphatic carbocycles. The van der Waals surface area contributed by atoms with Crippen molar-refractivity contribution in [2.45, 2.75) is 12.8 Å². The van der Waals surface area contributed by atoms with Crippen molar-refractivity contribution in [2.24, 2.45) is 0 Å². The predicted octanol–water partition coefficient (Wildman–Crippen LogP) is 6.06. The number of benzene rings is 2. The number of hydrogen-bond acceptors (Lipinski definition) is 0. The number of fused-ring (bicyclic) bond motifs is 2. The van der Waals surface area contributed by atoms with Crippen LogP contribution in [0, 0.1) is 63.2 Å². The van der Waals surface area contributed by atoms with Gasteiger partial charge in [0, 0.05) is 11.8 Å². The van der Waals surface area contributed by atoms with Gasteiger partial charge in [0.25, 0.3) is 0 Å². The first kappa shape index (κ1) is 20.7. The van der Waals surface area contributed by atoms with E-state index in [-0.39, 0.29) is 17.1 Å². The smallest absolute Gasteiger partial charge is 0.0619 e. The van der Waals surface area contributed by atoms with Crippen molar-refractivity contribution < 1.29 is 17.1 Å². The number of rotatable bonds is 2. The van der Waals surface area contributed by atoms with E-state index in [1.54, 1.807) is 0 Å². The predicted molar refractivity (Wildman–Crippen MR) is 117 cm³/mol. The summed E-state index contributed by atoms with van der Waals surface area (Å²) in [6.07, 6.45) is 23.9. The molecule has 2 fully saturated rings. The zero-order valence-electron chi connectivity index (χ0n) is 16.2. The normalized spacial score (nSPS) is 20.3. The van der Waals surface area contributed by atoms with Crippen molar-refractivity contribution in [1.29, 1.82) is 0 Å². The zero-order valence-corrected chi connectivity index (χ0v) is 17.3. The quantitative estimate of drug-likeness (QED) is 0.524. The van der Waals surface area contributed by atoms with Crippen LogP contribution >= 0.6 is 0 Å². The summed E-state index contributed by atoms with van der Waals surface area (Å²) in [4.78, 5) is 0. The molecule has 2 aromatic rings. The number of allylic oxidation sites excluding steroid dienone is 2. The maximum absolute atomic E-state index is 2.30. The maximum atomic E-state index is 2.30. The van der Waals surface area contributed by atoms with Crippen LogP contribution in [0.25, 0.3) is 12.2 Å². The standard InChI is InChI=1S/2C14H11.Fe/c2*1-2-6-11(5-1)14-9-12-7-3-4-8-13(12)10-14;/h2*1-9H,10H2;/q;;+2. The van der Waals surface area contributed by atoms with E-state index in [1.807, 2.05) is 0 Å². The SMILES string of the molecule is [CH]1[CH][CH][C](C2=Cc3ccccc3C2)[CH]1.[CH]1[CH][CH][C](C2=Cc3ccccc3C2)[CH]1.[Fe+2]. The van der Waals surface area contributed by atoms with Crippen LogP contribution in [0.1, 0.15) is 22.3 Å². The van der Waals surface area contributed by atoms with Crippen molar-refractivity contribution in [3.8, 4) is 0 Å². The molecule has 0 nitrogen and oxygen atoms in total. The van der Waals surface area contributed by atoms with E-state index >= 15 is 0 Å². The van der Waals surface area contributed by atoms with Crippen LogP contribution in [-0.2, 0) is 29.9 Å². The second-order valence-electron chi connectivity index (χ2n) is 7.44. The van der Waals surface area contributed by atoms with E-state index in [9.17, 15) is 0 Å². The third-order valence-corrected chi connectivity index (χ3v) is 5.60. The molecule has 2 saturated carbocycles. The molecule has 6 rings (SSSR count). The van der Waals surface area contributed by atoms with Gasteiger partial charge in [0.1, 0.15) is 0 Å². The molecule has 1 heteroatoms. The molecule has 0 unspecified atom stereocenters. The Morgan fingerprint density at radius 2 is 0.862 bits per heavy atom. The molecule has 0 aromatic heterocycles. The van der Waals surface area contributed by atoms with Crippen molar-refractivity contribution in [3.63, 3.8) is 0 Å². The molecule has 0 heterocycles. The molecular weight excluding hydrogens is 392 g/mol. The largest absolute Gasteiger partial charge is 2.00 e. The Morgan fingerprint density at radius 3 is 1.24 bits per heavy atom. The van der Waals surface area contributed by atoms with Gasteiger partial charge in [-0.05, 0) is 86.5 Å². The number of hydrogen-bond donors (Lipinski definition) is 0. The fourth-order valence-electron chi connectivity index (χ4n) is 4.11. The summed E-state index contributed by atoms with van der Waals surface area (Å²) in [7, 11) is 0. The molecule has 140 valence electrons. The Labute approximate surface area is 187 Å². The van der Waals surface area contributed by atoms with E-state index in [4.69, 9.17) is 0 Å². The molecule has 0 aliphatic heterocycles.